The van der Waals surface area contributed by atoms with E-state index in [1.54, 1.807) is 0 Å². The van der Waals surface area contributed by atoms with Gasteiger partial charge < -0.3 is 20.5 Å². The van der Waals surface area contributed by atoms with Crippen molar-refractivity contribution in [3.63, 3.8) is 0 Å². The minimum Gasteiger partial charge on any atom is -0.481 e. The highest BCUT2D eigenvalue weighted by Gasteiger charge is 2.25. The largest absolute Gasteiger partial charge is 0.481 e. The van der Waals surface area contributed by atoms with Crippen molar-refractivity contribution in [2.24, 2.45) is 5.73 Å². The first-order valence-corrected chi connectivity index (χ1v) is 9.31. The second-order valence-corrected chi connectivity index (χ2v) is 6.80. The smallest absolute Gasteiger partial charge is 0.300 e. The number of imidazole rings is 1. The number of carboxylic acid groups (broad SMARTS) is 2. The average Bonchev–Trinajstić information content (AvgIpc) is 3.29. The van der Waals surface area contributed by atoms with Crippen LogP contribution >= 0.6 is 0 Å². The van der Waals surface area contributed by atoms with Crippen LogP contribution in [0.15, 0.2) is 48.9 Å². The number of benzene rings is 1. The zero-order valence-corrected chi connectivity index (χ0v) is 16.5. The van der Waals surface area contributed by atoms with Crippen LogP contribution < -0.4 is 5.73 Å². The van der Waals surface area contributed by atoms with Gasteiger partial charge in [-0.3, -0.25) is 14.6 Å². The molecule has 4 N–H and O–H groups in total. The van der Waals surface area contributed by atoms with E-state index in [-0.39, 0.29) is 0 Å². The van der Waals surface area contributed by atoms with E-state index in [4.69, 9.17) is 25.5 Å². The van der Waals surface area contributed by atoms with Gasteiger partial charge in [-0.05, 0) is 31.4 Å². The molecule has 0 spiro atoms. The van der Waals surface area contributed by atoms with Crippen molar-refractivity contribution in [1.29, 1.82) is 0 Å². The molecule has 2 aromatic heterocycles. The van der Waals surface area contributed by atoms with Crippen LogP contribution in [-0.4, -0.2) is 42.7 Å². The topological polar surface area (TPSA) is 131 Å². The molecular weight excluding hydrogens is 372 g/mol. The van der Waals surface area contributed by atoms with Gasteiger partial charge in [0.05, 0.1) is 5.52 Å². The van der Waals surface area contributed by atoms with Crippen LogP contribution in [0.4, 0.5) is 0 Å². The maximum atomic E-state index is 9.00. The third-order valence-corrected chi connectivity index (χ3v) is 4.39. The summed E-state index contributed by atoms with van der Waals surface area (Å²) in [7, 11) is 0. The van der Waals surface area contributed by atoms with E-state index in [1.807, 2.05) is 30.6 Å². The van der Waals surface area contributed by atoms with Crippen LogP contribution in [0, 0.1) is 0 Å². The molecule has 0 radical (unpaired) electrons. The van der Waals surface area contributed by atoms with Crippen molar-refractivity contribution in [2.75, 3.05) is 0 Å². The molecule has 1 aliphatic carbocycles. The highest BCUT2D eigenvalue weighted by molar-refractivity contribution is 5.92. The van der Waals surface area contributed by atoms with Gasteiger partial charge in [-0.2, -0.15) is 0 Å². The van der Waals surface area contributed by atoms with Gasteiger partial charge in [-0.15, -0.1) is 0 Å². The van der Waals surface area contributed by atoms with Crippen molar-refractivity contribution < 1.29 is 19.8 Å². The SMILES string of the molecule is CC(=O)O.CC(=O)O.N[C@H]1CC[C@@H](n2ccnc2-c2cccc3ncccc23)C1. The summed E-state index contributed by atoms with van der Waals surface area (Å²) in [6, 6.07) is 11.1. The zero-order chi connectivity index (χ0) is 21.4. The number of nitrogens with zero attached hydrogens (tertiary/aromatic N) is 3. The summed E-state index contributed by atoms with van der Waals surface area (Å²) in [5, 5.41) is 16.0. The maximum absolute atomic E-state index is 9.00. The fourth-order valence-electron chi connectivity index (χ4n) is 3.36. The minimum atomic E-state index is -0.833. The van der Waals surface area contributed by atoms with Gasteiger partial charge in [0.2, 0.25) is 0 Å². The number of aliphatic carboxylic acids is 2. The molecule has 1 aliphatic rings. The van der Waals surface area contributed by atoms with Crippen LogP contribution in [0.25, 0.3) is 22.3 Å². The molecule has 0 aliphatic heterocycles. The third kappa shape index (κ3) is 6.39. The molecule has 2 atom stereocenters. The number of carboxylic acids is 2. The molecule has 0 saturated heterocycles. The van der Waals surface area contributed by atoms with Crippen molar-refractivity contribution in [3.8, 4) is 11.4 Å². The molecule has 1 saturated carbocycles. The van der Waals surface area contributed by atoms with Crippen LogP contribution in [0.2, 0.25) is 0 Å². The predicted octanol–water partition coefficient (Wildman–Crippen LogP) is 3.33. The number of carbonyl (C=O) groups is 2. The van der Waals surface area contributed by atoms with Gasteiger partial charge in [0.25, 0.3) is 11.9 Å². The van der Waals surface area contributed by atoms with Crippen molar-refractivity contribution in [2.45, 2.75) is 45.2 Å². The van der Waals surface area contributed by atoms with Gasteiger partial charge in [0.1, 0.15) is 5.82 Å². The van der Waals surface area contributed by atoms with Gasteiger partial charge in [-0.25, -0.2) is 4.98 Å². The van der Waals surface area contributed by atoms with E-state index in [9.17, 15) is 0 Å². The Morgan fingerprint density at radius 2 is 1.72 bits per heavy atom. The Morgan fingerprint density at radius 1 is 1.03 bits per heavy atom. The highest BCUT2D eigenvalue weighted by atomic mass is 16.4. The third-order valence-electron chi connectivity index (χ3n) is 4.39. The number of pyridine rings is 1. The molecule has 1 fully saturated rings. The molecule has 8 heteroatoms. The Hall–Kier alpha value is -3.26. The fraction of sp³-hybridized carbons (Fsp3) is 0.333. The summed E-state index contributed by atoms with van der Waals surface area (Å²) in [6.45, 7) is 2.17. The Bertz CT molecular complexity index is 945. The lowest BCUT2D eigenvalue weighted by molar-refractivity contribution is -0.135. The van der Waals surface area contributed by atoms with E-state index >= 15 is 0 Å². The van der Waals surface area contributed by atoms with E-state index in [1.165, 1.54) is 0 Å². The molecule has 0 unspecified atom stereocenters. The summed E-state index contributed by atoms with van der Waals surface area (Å²) < 4.78 is 2.29. The molecule has 4 rings (SSSR count). The summed E-state index contributed by atoms with van der Waals surface area (Å²) >= 11 is 0. The first kappa shape index (κ1) is 22.0. The van der Waals surface area contributed by atoms with Gasteiger partial charge in [-0.1, -0.05) is 18.2 Å². The van der Waals surface area contributed by atoms with E-state index in [2.05, 4.69) is 32.9 Å². The van der Waals surface area contributed by atoms with Gasteiger partial charge >= 0.3 is 0 Å². The standard InChI is InChI=1S/C17H18N4.2C2H4O2/c18-12-6-7-13(11-12)21-10-9-20-17(21)15-3-1-5-16-14(15)4-2-8-19-16;2*1-2(3)4/h1-5,8-10,12-13H,6-7,11,18H2;2*1H3,(H,3,4)/t12-,13+;;/m0../s1. The maximum Gasteiger partial charge on any atom is 0.300 e. The van der Waals surface area contributed by atoms with Crippen LogP contribution in [0.3, 0.4) is 0 Å². The van der Waals surface area contributed by atoms with Crippen molar-refractivity contribution in [3.05, 3.63) is 48.9 Å². The molecule has 0 bridgehead atoms. The summed E-state index contributed by atoms with van der Waals surface area (Å²) in [5.74, 6) is -0.646. The molecular formula is C21H26N4O4. The molecule has 1 aromatic carbocycles. The Balaban J connectivity index is 0.000000324. The number of rotatable bonds is 2. The average molecular weight is 398 g/mol. The number of nitrogens with two attached hydrogens (primary N) is 1. The van der Waals surface area contributed by atoms with Crippen LogP contribution in [0.5, 0.6) is 0 Å². The van der Waals surface area contributed by atoms with Crippen molar-refractivity contribution >= 4 is 22.8 Å². The number of aromatic nitrogens is 3. The van der Waals surface area contributed by atoms with E-state index in [0.717, 1.165) is 55.4 Å². The molecule has 2 heterocycles. The number of hydrogen-bond donors (Lipinski definition) is 3. The zero-order valence-electron chi connectivity index (χ0n) is 16.5. The van der Waals surface area contributed by atoms with Gasteiger partial charge in [0, 0.05) is 55.5 Å². The van der Waals surface area contributed by atoms with E-state index < -0.39 is 11.9 Å². The highest BCUT2D eigenvalue weighted by Crippen LogP contribution is 2.34. The monoisotopic (exact) mass is 398 g/mol. The Morgan fingerprint density at radius 3 is 2.34 bits per heavy atom. The van der Waals surface area contributed by atoms with Crippen LogP contribution in [0.1, 0.15) is 39.2 Å². The predicted molar refractivity (Wildman–Crippen MR) is 110 cm³/mol. The summed E-state index contributed by atoms with van der Waals surface area (Å²) in [5.41, 5.74) is 8.22. The lowest BCUT2D eigenvalue weighted by atomic mass is 10.1. The second kappa shape index (κ2) is 10.3. The lowest BCUT2D eigenvalue weighted by Crippen LogP contribution is -2.16. The molecule has 8 nitrogen and oxygen atoms in total. The molecule has 0 amide bonds. The first-order chi connectivity index (χ1) is 13.8. The first-order valence-electron chi connectivity index (χ1n) is 9.31. The molecule has 3 aromatic rings. The minimum absolute atomic E-state index is 0.319. The van der Waals surface area contributed by atoms with Crippen LogP contribution in [-0.2, 0) is 9.59 Å². The van der Waals surface area contributed by atoms with Crippen molar-refractivity contribution in [1.82, 2.24) is 14.5 Å². The Kier molecular flexibility index (Phi) is 7.85. The molecule has 29 heavy (non-hydrogen) atoms. The Labute approximate surface area is 169 Å². The number of fused-ring (bicyclic) bond motifs is 1. The number of hydrogen-bond acceptors (Lipinski definition) is 5. The van der Waals surface area contributed by atoms with Gasteiger partial charge in [0.15, 0.2) is 0 Å². The lowest BCUT2D eigenvalue weighted by Gasteiger charge is -2.16. The fourth-order valence-corrected chi connectivity index (χ4v) is 3.36. The second-order valence-electron chi connectivity index (χ2n) is 6.80. The quantitative estimate of drug-likeness (QED) is 0.603. The molecule has 154 valence electrons. The summed E-state index contributed by atoms with van der Waals surface area (Å²) in [4.78, 5) is 27.0. The summed E-state index contributed by atoms with van der Waals surface area (Å²) in [6.07, 6.45) is 9.05. The normalized spacial score (nSPS) is 17.6. The van der Waals surface area contributed by atoms with E-state index in [0.29, 0.717) is 12.1 Å².